The Balaban J connectivity index is 2.64. The van der Waals surface area contributed by atoms with Gasteiger partial charge in [-0.05, 0) is 24.1 Å². The van der Waals surface area contributed by atoms with Crippen LogP contribution >= 0.6 is 27.5 Å². The molecule has 0 radical (unpaired) electrons. The van der Waals surface area contributed by atoms with Crippen LogP contribution in [0.25, 0.3) is 0 Å². The van der Waals surface area contributed by atoms with Crippen LogP contribution in [0.4, 0.5) is 0 Å². The maximum absolute atomic E-state index is 11.8. The van der Waals surface area contributed by atoms with Gasteiger partial charge in [0.2, 0.25) is 0 Å². The maximum atomic E-state index is 11.8. The van der Waals surface area contributed by atoms with Gasteiger partial charge in [-0.25, -0.2) is 0 Å². The van der Waals surface area contributed by atoms with Gasteiger partial charge in [0.05, 0.1) is 16.7 Å². The van der Waals surface area contributed by atoms with Crippen molar-refractivity contribution in [3.63, 3.8) is 0 Å². The minimum atomic E-state index is -0.548. The summed E-state index contributed by atoms with van der Waals surface area (Å²) in [5.74, 6) is -0.169. The molecule has 94 valence electrons. The average Bonchev–Trinajstić information content (AvgIpc) is 2.25. The van der Waals surface area contributed by atoms with Crippen LogP contribution in [0.2, 0.25) is 5.02 Å². The zero-order valence-electron chi connectivity index (χ0n) is 9.71. The Morgan fingerprint density at radius 3 is 2.71 bits per heavy atom. The summed E-state index contributed by atoms with van der Waals surface area (Å²) < 4.78 is 0.821. The number of aliphatic hydroxyl groups excluding tert-OH is 1. The van der Waals surface area contributed by atoms with Crippen molar-refractivity contribution in [1.82, 2.24) is 5.32 Å². The van der Waals surface area contributed by atoms with E-state index in [1.165, 1.54) is 0 Å². The summed E-state index contributed by atoms with van der Waals surface area (Å²) in [5.41, 5.74) is 0.408. The summed E-state index contributed by atoms with van der Waals surface area (Å²) in [6, 6.07) is 5.05. The predicted molar refractivity (Wildman–Crippen MR) is 72.3 cm³/mol. The van der Waals surface area contributed by atoms with Crippen molar-refractivity contribution in [3.8, 4) is 0 Å². The van der Waals surface area contributed by atoms with Crippen LogP contribution in [0.5, 0.6) is 0 Å². The third kappa shape index (κ3) is 4.30. The summed E-state index contributed by atoms with van der Waals surface area (Å²) >= 11 is 9.22. The van der Waals surface area contributed by atoms with Crippen molar-refractivity contribution >= 4 is 33.4 Å². The first kappa shape index (κ1) is 14.5. The maximum Gasteiger partial charge on any atom is 0.252 e. The van der Waals surface area contributed by atoms with Crippen LogP contribution in [0.15, 0.2) is 22.7 Å². The molecule has 17 heavy (non-hydrogen) atoms. The second-order valence-electron chi connectivity index (χ2n) is 4.15. The van der Waals surface area contributed by atoms with E-state index in [1.54, 1.807) is 18.2 Å². The molecule has 3 nitrogen and oxygen atoms in total. The third-order valence-corrected chi connectivity index (χ3v) is 3.22. The number of halogens is 2. The van der Waals surface area contributed by atoms with Crippen LogP contribution < -0.4 is 5.32 Å². The number of carbonyl (C=O) groups is 1. The summed E-state index contributed by atoms with van der Waals surface area (Å²) in [6.07, 6.45) is -0.548. The number of benzene rings is 1. The van der Waals surface area contributed by atoms with Crippen molar-refractivity contribution in [1.29, 1.82) is 0 Å². The van der Waals surface area contributed by atoms with E-state index in [9.17, 15) is 9.90 Å². The first-order valence-corrected chi connectivity index (χ1v) is 6.50. The van der Waals surface area contributed by atoms with Gasteiger partial charge in [-0.3, -0.25) is 4.79 Å². The van der Waals surface area contributed by atoms with Crippen molar-refractivity contribution in [2.45, 2.75) is 20.0 Å². The summed E-state index contributed by atoms with van der Waals surface area (Å²) in [5, 5.41) is 12.6. The van der Waals surface area contributed by atoms with Crippen LogP contribution in [0.3, 0.4) is 0 Å². The van der Waals surface area contributed by atoms with Gasteiger partial charge < -0.3 is 10.4 Å². The Labute approximate surface area is 114 Å². The molecule has 0 fully saturated rings. The highest BCUT2D eigenvalue weighted by molar-refractivity contribution is 9.10. The minimum Gasteiger partial charge on any atom is -0.391 e. The molecule has 0 aromatic heterocycles. The van der Waals surface area contributed by atoms with Crippen LogP contribution in [-0.2, 0) is 0 Å². The van der Waals surface area contributed by atoms with Crippen LogP contribution in [0, 0.1) is 5.92 Å². The number of hydrogen-bond acceptors (Lipinski definition) is 2. The van der Waals surface area contributed by atoms with Crippen LogP contribution in [-0.4, -0.2) is 23.7 Å². The van der Waals surface area contributed by atoms with E-state index in [-0.39, 0.29) is 18.4 Å². The van der Waals surface area contributed by atoms with E-state index in [1.807, 2.05) is 13.8 Å². The molecule has 2 N–H and O–H groups in total. The van der Waals surface area contributed by atoms with E-state index in [2.05, 4.69) is 21.2 Å². The quantitative estimate of drug-likeness (QED) is 0.896. The number of rotatable bonds is 4. The van der Waals surface area contributed by atoms with E-state index < -0.39 is 6.10 Å². The number of amides is 1. The number of hydrogen-bond donors (Lipinski definition) is 2. The Bertz CT molecular complexity index is 409. The number of carbonyl (C=O) groups excluding carboxylic acids is 1. The van der Waals surface area contributed by atoms with Crippen molar-refractivity contribution in [2.24, 2.45) is 5.92 Å². The molecule has 1 unspecified atom stereocenters. The average molecular weight is 321 g/mol. The van der Waals surface area contributed by atoms with Crippen LogP contribution in [0.1, 0.15) is 24.2 Å². The molecule has 1 aromatic carbocycles. The molecule has 1 aromatic rings. The SMILES string of the molecule is CC(C)C(O)CNC(=O)c1ccc(Br)cc1Cl. The van der Waals surface area contributed by atoms with Gasteiger partial charge in [0.25, 0.3) is 5.91 Å². The molecule has 0 aliphatic rings. The highest BCUT2D eigenvalue weighted by atomic mass is 79.9. The van der Waals surface area contributed by atoms with Crippen molar-refractivity contribution in [2.75, 3.05) is 6.54 Å². The van der Waals surface area contributed by atoms with Gasteiger partial charge in [-0.1, -0.05) is 41.4 Å². The molecular weight excluding hydrogens is 305 g/mol. The monoisotopic (exact) mass is 319 g/mol. The molecule has 0 saturated heterocycles. The molecule has 0 saturated carbocycles. The molecule has 0 spiro atoms. The second-order valence-corrected chi connectivity index (χ2v) is 5.47. The second kappa shape index (κ2) is 6.38. The third-order valence-electron chi connectivity index (χ3n) is 2.42. The lowest BCUT2D eigenvalue weighted by atomic mass is 10.1. The van der Waals surface area contributed by atoms with Crippen molar-refractivity contribution in [3.05, 3.63) is 33.3 Å². The fourth-order valence-corrected chi connectivity index (χ4v) is 1.96. The van der Waals surface area contributed by atoms with E-state index >= 15 is 0 Å². The lowest BCUT2D eigenvalue weighted by Crippen LogP contribution is -2.34. The Morgan fingerprint density at radius 2 is 2.18 bits per heavy atom. The van der Waals surface area contributed by atoms with Gasteiger partial charge in [0, 0.05) is 11.0 Å². The molecule has 0 bridgehead atoms. The molecule has 1 atom stereocenters. The summed E-state index contributed by atoms with van der Waals surface area (Å²) in [6.45, 7) is 4.01. The highest BCUT2D eigenvalue weighted by Gasteiger charge is 2.14. The van der Waals surface area contributed by atoms with Gasteiger partial charge in [-0.2, -0.15) is 0 Å². The molecule has 0 aliphatic heterocycles. The predicted octanol–water partition coefficient (Wildman–Crippen LogP) is 2.85. The molecule has 5 heteroatoms. The standard InChI is InChI=1S/C12H15BrClNO2/c1-7(2)11(16)6-15-12(17)9-4-3-8(13)5-10(9)14/h3-5,7,11,16H,6H2,1-2H3,(H,15,17). The fraction of sp³-hybridized carbons (Fsp3) is 0.417. The first-order chi connectivity index (χ1) is 7.91. The smallest absolute Gasteiger partial charge is 0.252 e. The Hall–Kier alpha value is -0.580. The van der Waals surface area contributed by atoms with E-state index in [0.29, 0.717) is 10.6 Å². The highest BCUT2D eigenvalue weighted by Crippen LogP contribution is 2.21. The zero-order valence-corrected chi connectivity index (χ0v) is 12.0. The Morgan fingerprint density at radius 1 is 1.53 bits per heavy atom. The van der Waals surface area contributed by atoms with E-state index in [4.69, 9.17) is 11.6 Å². The van der Waals surface area contributed by atoms with E-state index in [0.717, 1.165) is 4.47 Å². The Kier molecular flexibility index (Phi) is 5.43. The zero-order chi connectivity index (χ0) is 13.0. The first-order valence-electron chi connectivity index (χ1n) is 5.33. The van der Waals surface area contributed by atoms with Gasteiger partial charge in [0.15, 0.2) is 0 Å². The molecule has 0 heterocycles. The van der Waals surface area contributed by atoms with Crippen molar-refractivity contribution < 1.29 is 9.90 Å². The largest absolute Gasteiger partial charge is 0.391 e. The number of nitrogens with one attached hydrogen (secondary N) is 1. The van der Waals surface area contributed by atoms with Gasteiger partial charge in [-0.15, -0.1) is 0 Å². The van der Waals surface area contributed by atoms with Gasteiger partial charge >= 0.3 is 0 Å². The van der Waals surface area contributed by atoms with Gasteiger partial charge in [0.1, 0.15) is 0 Å². The molecular formula is C12H15BrClNO2. The summed E-state index contributed by atoms with van der Waals surface area (Å²) in [4.78, 5) is 11.8. The fourth-order valence-electron chi connectivity index (χ4n) is 1.20. The molecule has 1 amide bonds. The number of aliphatic hydroxyl groups is 1. The molecule has 1 rings (SSSR count). The topological polar surface area (TPSA) is 49.3 Å². The minimum absolute atomic E-state index is 0.107. The lowest BCUT2D eigenvalue weighted by Gasteiger charge is -2.15. The summed E-state index contributed by atoms with van der Waals surface area (Å²) in [7, 11) is 0. The molecule has 0 aliphatic carbocycles. The lowest BCUT2D eigenvalue weighted by molar-refractivity contribution is 0.0871. The normalized spacial score (nSPS) is 12.6.